The number of carbonyl (C=O) groups excluding carboxylic acids is 1. The molecule has 0 unspecified atom stereocenters. The summed E-state index contributed by atoms with van der Waals surface area (Å²) in [5.41, 5.74) is 0.918. The molecule has 2 aromatic heterocycles. The van der Waals surface area contributed by atoms with E-state index in [1.165, 1.54) is 4.70 Å². The third-order valence-corrected chi connectivity index (χ3v) is 8.15. The van der Waals surface area contributed by atoms with Gasteiger partial charge in [-0.05, 0) is 41.1 Å². The maximum absolute atomic E-state index is 12.8. The fourth-order valence-electron chi connectivity index (χ4n) is 4.64. The van der Waals surface area contributed by atoms with Crippen LogP contribution in [0.1, 0.15) is 10.4 Å². The lowest BCUT2D eigenvalue weighted by molar-refractivity contribution is 0.0944. The highest BCUT2D eigenvalue weighted by Crippen LogP contribution is 2.31. The molecule has 1 amide bonds. The minimum atomic E-state index is -0.619. The van der Waals surface area contributed by atoms with E-state index >= 15 is 0 Å². The number of amides is 1. The van der Waals surface area contributed by atoms with Crippen LogP contribution in [0, 0.1) is 0 Å². The number of halogens is 2. The summed E-state index contributed by atoms with van der Waals surface area (Å²) in [7, 11) is 0. The van der Waals surface area contributed by atoms with Crippen molar-refractivity contribution in [2.75, 3.05) is 44.2 Å². The van der Waals surface area contributed by atoms with Crippen molar-refractivity contribution in [1.29, 1.82) is 0 Å². The summed E-state index contributed by atoms with van der Waals surface area (Å²) in [6.45, 7) is 4.72. The maximum atomic E-state index is 12.8. The quantitative estimate of drug-likeness (QED) is 0.218. The molecule has 1 aliphatic rings. The largest absolute Gasteiger partial charge is 0.422 e. The van der Waals surface area contributed by atoms with E-state index in [0.717, 1.165) is 57.5 Å². The number of carbonyl (C=O) groups is 1. The third kappa shape index (κ3) is 5.22. The Kier molecular flexibility index (Phi) is 7.48. The van der Waals surface area contributed by atoms with Crippen LogP contribution in [0.5, 0.6) is 0 Å². The first kappa shape index (κ1) is 25.7. The summed E-state index contributed by atoms with van der Waals surface area (Å²) >= 11 is 5.24. The second-order valence-corrected chi connectivity index (χ2v) is 10.8. The molecule has 0 atom stereocenters. The van der Waals surface area contributed by atoms with Gasteiger partial charge in [0.1, 0.15) is 11.1 Å². The first-order valence-electron chi connectivity index (χ1n) is 11.8. The number of aromatic nitrogens is 1. The minimum absolute atomic E-state index is 0. The molecule has 0 spiro atoms. The van der Waals surface area contributed by atoms with Crippen LogP contribution < -0.4 is 15.8 Å². The minimum Gasteiger partial charge on any atom is -0.422 e. The predicted molar refractivity (Wildman–Crippen MR) is 156 cm³/mol. The lowest BCUT2D eigenvalue weighted by atomic mass is 10.0. The van der Waals surface area contributed by atoms with E-state index in [2.05, 4.69) is 37.1 Å². The van der Waals surface area contributed by atoms with Crippen molar-refractivity contribution < 1.29 is 9.21 Å². The first-order valence-corrected chi connectivity index (χ1v) is 13.4. The lowest BCUT2D eigenvalue weighted by Gasteiger charge is -2.34. The Bertz CT molecular complexity index is 1660. The van der Waals surface area contributed by atoms with Crippen molar-refractivity contribution in [2.24, 2.45) is 0 Å². The maximum Gasteiger partial charge on any atom is 0.349 e. The van der Waals surface area contributed by atoms with E-state index in [9.17, 15) is 9.59 Å². The van der Waals surface area contributed by atoms with Crippen LogP contribution >= 0.6 is 39.7 Å². The van der Waals surface area contributed by atoms with Gasteiger partial charge in [0.05, 0.1) is 10.2 Å². The molecule has 3 heterocycles. The number of hydrogen-bond acceptors (Lipinski definition) is 7. The van der Waals surface area contributed by atoms with E-state index < -0.39 is 11.5 Å². The molecule has 0 radical (unpaired) electrons. The van der Waals surface area contributed by atoms with Crippen LogP contribution in [0.25, 0.3) is 32.0 Å². The second-order valence-electron chi connectivity index (χ2n) is 8.84. The molecular formula is C27H24BrClN4O3S. The first-order chi connectivity index (χ1) is 17.5. The van der Waals surface area contributed by atoms with E-state index in [4.69, 9.17) is 9.40 Å². The van der Waals surface area contributed by atoms with Gasteiger partial charge in [0.25, 0.3) is 5.91 Å². The number of nitrogens with zero attached hydrogens (tertiary/aromatic N) is 3. The normalized spacial score (nSPS) is 14.2. The molecule has 6 rings (SSSR count). The number of anilines is 1. The van der Waals surface area contributed by atoms with Crippen molar-refractivity contribution in [3.63, 3.8) is 0 Å². The summed E-state index contributed by atoms with van der Waals surface area (Å²) in [6.07, 6.45) is 0. The van der Waals surface area contributed by atoms with Gasteiger partial charge >= 0.3 is 5.63 Å². The third-order valence-electron chi connectivity index (χ3n) is 6.58. The molecule has 1 saturated heterocycles. The summed E-state index contributed by atoms with van der Waals surface area (Å²) < 4.78 is 7.70. The number of thiazole rings is 1. The van der Waals surface area contributed by atoms with Gasteiger partial charge in [0, 0.05) is 49.1 Å². The molecule has 3 aromatic carbocycles. The molecule has 1 N–H and O–H groups in total. The Morgan fingerprint density at radius 2 is 1.84 bits per heavy atom. The van der Waals surface area contributed by atoms with Crippen molar-refractivity contribution in [3.05, 3.63) is 81.1 Å². The van der Waals surface area contributed by atoms with Crippen LogP contribution in [0.4, 0.5) is 5.13 Å². The second kappa shape index (κ2) is 10.8. The van der Waals surface area contributed by atoms with Crippen LogP contribution in [0.15, 0.2) is 74.3 Å². The smallest absolute Gasteiger partial charge is 0.349 e. The topological polar surface area (TPSA) is 78.7 Å². The van der Waals surface area contributed by atoms with Gasteiger partial charge in [-0.1, -0.05) is 57.6 Å². The Morgan fingerprint density at radius 1 is 1.03 bits per heavy atom. The number of benzene rings is 3. The molecule has 7 nitrogen and oxygen atoms in total. The van der Waals surface area contributed by atoms with Gasteiger partial charge in [0.2, 0.25) is 0 Å². The van der Waals surface area contributed by atoms with Gasteiger partial charge in [-0.2, -0.15) is 0 Å². The highest BCUT2D eigenvalue weighted by atomic mass is 79.9. The molecule has 0 aliphatic carbocycles. The van der Waals surface area contributed by atoms with Crippen molar-refractivity contribution in [1.82, 2.24) is 15.2 Å². The number of nitrogens with one attached hydrogen (secondary N) is 1. The van der Waals surface area contributed by atoms with E-state index in [0.29, 0.717) is 18.7 Å². The van der Waals surface area contributed by atoms with Crippen molar-refractivity contribution >= 4 is 82.7 Å². The lowest BCUT2D eigenvalue weighted by Crippen LogP contribution is -2.48. The standard InChI is InChI=1S/C27H23BrN4O3S.ClH/c28-18-6-7-22-24(15-18)36-27(30-22)32-13-11-31(12-14-32)10-9-29-25(33)21-16-20-19-4-2-1-3-17(19)5-8-23(20)35-26(21)34;/h1-8,15-16H,9-14H2,(H,29,33);1H. The van der Waals surface area contributed by atoms with Crippen LogP contribution in [0.3, 0.4) is 0 Å². The van der Waals surface area contributed by atoms with Crippen molar-refractivity contribution in [2.45, 2.75) is 0 Å². The number of piperazine rings is 1. The number of fused-ring (bicyclic) bond motifs is 4. The zero-order valence-corrected chi connectivity index (χ0v) is 23.0. The van der Waals surface area contributed by atoms with Gasteiger partial charge < -0.3 is 14.6 Å². The van der Waals surface area contributed by atoms with Crippen LogP contribution in [-0.4, -0.2) is 55.1 Å². The Labute approximate surface area is 231 Å². The molecule has 0 saturated carbocycles. The molecule has 10 heteroatoms. The summed E-state index contributed by atoms with van der Waals surface area (Å²) in [5.74, 6) is -0.405. The van der Waals surface area contributed by atoms with Crippen LogP contribution in [-0.2, 0) is 0 Å². The SMILES string of the molecule is Cl.O=C(NCCN1CCN(c2nc3ccc(Br)cc3s2)CC1)c1cc2c(ccc3ccccc32)oc1=O. The number of hydrogen-bond donors (Lipinski definition) is 1. The zero-order chi connectivity index (χ0) is 24.6. The summed E-state index contributed by atoms with van der Waals surface area (Å²) in [4.78, 5) is 34.7. The van der Waals surface area contributed by atoms with E-state index in [1.54, 1.807) is 23.5 Å². The van der Waals surface area contributed by atoms with Crippen LogP contribution in [0.2, 0.25) is 0 Å². The van der Waals surface area contributed by atoms with Gasteiger partial charge in [-0.3, -0.25) is 9.69 Å². The molecule has 5 aromatic rings. The molecule has 1 fully saturated rings. The Morgan fingerprint density at radius 3 is 2.68 bits per heavy atom. The average Bonchev–Trinajstić information content (AvgIpc) is 3.31. The molecule has 190 valence electrons. The van der Waals surface area contributed by atoms with E-state index in [1.807, 2.05) is 42.5 Å². The monoisotopic (exact) mass is 598 g/mol. The molecule has 37 heavy (non-hydrogen) atoms. The average molecular weight is 600 g/mol. The predicted octanol–water partition coefficient (Wildman–Crippen LogP) is 5.29. The molecule has 0 bridgehead atoms. The number of rotatable bonds is 5. The fourth-order valence-corrected chi connectivity index (χ4v) is 6.21. The molecule has 1 aliphatic heterocycles. The van der Waals surface area contributed by atoms with E-state index in [-0.39, 0.29) is 18.0 Å². The Hall–Kier alpha value is -2.98. The van der Waals surface area contributed by atoms with Gasteiger partial charge in [-0.15, -0.1) is 12.4 Å². The van der Waals surface area contributed by atoms with Crippen molar-refractivity contribution in [3.8, 4) is 0 Å². The van der Waals surface area contributed by atoms with Gasteiger partial charge in [-0.25, -0.2) is 9.78 Å². The molecular weight excluding hydrogens is 576 g/mol. The summed E-state index contributed by atoms with van der Waals surface area (Å²) in [6, 6.07) is 19.3. The highest BCUT2D eigenvalue weighted by molar-refractivity contribution is 9.10. The fraction of sp³-hybridized carbons (Fsp3) is 0.222. The Balaban J connectivity index is 0.00000280. The van der Waals surface area contributed by atoms with Gasteiger partial charge in [0.15, 0.2) is 5.13 Å². The highest BCUT2D eigenvalue weighted by Gasteiger charge is 2.20. The summed E-state index contributed by atoms with van der Waals surface area (Å²) in [5, 5.41) is 6.69. The zero-order valence-electron chi connectivity index (χ0n) is 19.8.